The van der Waals surface area contributed by atoms with Crippen LogP contribution in [0.3, 0.4) is 0 Å². The van der Waals surface area contributed by atoms with Crippen LogP contribution in [0.5, 0.6) is 0 Å². The third kappa shape index (κ3) is 2.65. The van der Waals surface area contributed by atoms with E-state index >= 15 is 0 Å². The van der Waals surface area contributed by atoms with Crippen molar-refractivity contribution >= 4 is 5.78 Å². The highest BCUT2D eigenvalue weighted by molar-refractivity contribution is 5.97. The highest BCUT2D eigenvalue weighted by Gasteiger charge is 2.17. The molecule has 1 aromatic carbocycles. The molecule has 0 bridgehead atoms. The molecule has 1 unspecified atom stereocenters. The largest absolute Gasteiger partial charge is 0.396 e. The SMILES string of the molecule is O=C(c1ccccc1)C(CO)CCO. The smallest absolute Gasteiger partial charge is 0.168 e. The van der Waals surface area contributed by atoms with Crippen molar-refractivity contribution in [3.63, 3.8) is 0 Å². The lowest BCUT2D eigenvalue weighted by atomic mass is 9.96. The molecule has 1 atom stereocenters. The van der Waals surface area contributed by atoms with Crippen molar-refractivity contribution < 1.29 is 15.0 Å². The van der Waals surface area contributed by atoms with Gasteiger partial charge >= 0.3 is 0 Å². The molecule has 1 aromatic rings. The fraction of sp³-hybridized carbons (Fsp3) is 0.364. The zero-order valence-corrected chi connectivity index (χ0v) is 7.89. The van der Waals surface area contributed by atoms with Gasteiger partial charge in [0.1, 0.15) is 0 Å². The summed E-state index contributed by atoms with van der Waals surface area (Å²) in [6, 6.07) is 8.81. The van der Waals surface area contributed by atoms with Gasteiger partial charge < -0.3 is 10.2 Å². The Morgan fingerprint density at radius 1 is 1.21 bits per heavy atom. The second kappa shape index (κ2) is 5.52. The maximum Gasteiger partial charge on any atom is 0.168 e. The predicted molar refractivity (Wildman–Crippen MR) is 53.1 cm³/mol. The molecule has 0 spiro atoms. The Bertz CT molecular complexity index is 282. The van der Waals surface area contributed by atoms with Gasteiger partial charge in [-0.1, -0.05) is 30.3 Å². The molecule has 0 heterocycles. The van der Waals surface area contributed by atoms with Crippen LogP contribution < -0.4 is 0 Å². The first kappa shape index (κ1) is 10.9. The number of hydrogen-bond acceptors (Lipinski definition) is 3. The van der Waals surface area contributed by atoms with Crippen LogP contribution in [0.25, 0.3) is 0 Å². The van der Waals surface area contributed by atoms with E-state index in [2.05, 4.69) is 0 Å². The average Bonchev–Trinajstić information content (AvgIpc) is 2.26. The third-order valence-corrected chi connectivity index (χ3v) is 2.13. The zero-order chi connectivity index (χ0) is 10.4. The van der Waals surface area contributed by atoms with Gasteiger partial charge in [0.05, 0.1) is 6.61 Å². The van der Waals surface area contributed by atoms with E-state index in [0.29, 0.717) is 12.0 Å². The summed E-state index contributed by atoms with van der Waals surface area (Å²) in [5.74, 6) is -0.593. The quantitative estimate of drug-likeness (QED) is 0.683. The first-order chi connectivity index (χ1) is 6.79. The van der Waals surface area contributed by atoms with Crippen molar-refractivity contribution in [2.24, 2.45) is 5.92 Å². The topological polar surface area (TPSA) is 57.5 Å². The van der Waals surface area contributed by atoms with Crippen molar-refractivity contribution in [2.75, 3.05) is 13.2 Å². The van der Waals surface area contributed by atoms with E-state index < -0.39 is 5.92 Å². The third-order valence-electron chi connectivity index (χ3n) is 2.13. The molecular formula is C11H14O3. The van der Waals surface area contributed by atoms with Crippen molar-refractivity contribution in [3.05, 3.63) is 35.9 Å². The Morgan fingerprint density at radius 2 is 1.86 bits per heavy atom. The van der Waals surface area contributed by atoms with Crippen molar-refractivity contribution in [1.29, 1.82) is 0 Å². The maximum absolute atomic E-state index is 11.7. The van der Waals surface area contributed by atoms with Gasteiger partial charge in [-0.25, -0.2) is 0 Å². The molecule has 2 N–H and O–H groups in total. The molecule has 76 valence electrons. The van der Waals surface area contributed by atoms with Crippen molar-refractivity contribution in [2.45, 2.75) is 6.42 Å². The van der Waals surface area contributed by atoms with Gasteiger partial charge in [-0.2, -0.15) is 0 Å². The molecule has 3 heteroatoms. The summed E-state index contributed by atoms with van der Waals surface area (Å²) in [7, 11) is 0. The van der Waals surface area contributed by atoms with Crippen LogP contribution in [0.4, 0.5) is 0 Å². The van der Waals surface area contributed by atoms with Crippen LogP contribution in [0.2, 0.25) is 0 Å². The number of ketones is 1. The Balaban J connectivity index is 2.73. The molecule has 3 nitrogen and oxygen atoms in total. The van der Waals surface area contributed by atoms with Crippen LogP contribution in [0.1, 0.15) is 16.8 Å². The summed E-state index contributed by atoms with van der Waals surface area (Å²) in [6.07, 6.45) is 0.310. The zero-order valence-electron chi connectivity index (χ0n) is 7.89. The number of rotatable bonds is 5. The molecule has 0 aliphatic rings. The number of aliphatic hydroxyl groups excluding tert-OH is 2. The number of aliphatic hydroxyl groups is 2. The van der Waals surface area contributed by atoms with Crippen LogP contribution >= 0.6 is 0 Å². The summed E-state index contributed by atoms with van der Waals surface area (Å²) in [6.45, 7) is -0.294. The Hall–Kier alpha value is -1.19. The van der Waals surface area contributed by atoms with Crippen LogP contribution in [-0.4, -0.2) is 29.2 Å². The molecule has 0 radical (unpaired) electrons. The second-order valence-electron chi connectivity index (χ2n) is 3.12. The summed E-state index contributed by atoms with van der Waals surface area (Å²) < 4.78 is 0. The number of Topliss-reactive ketones (excluding diaryl/α,β-unsaturated/α-hetero) is 1. The van der Waals surface area contributed by atoms with E-state index in [1.807, 2.05) is 6.07 Å². The molecule has 0 aliphatic carbocycles. The fourth-order valence-corrected chi connectivity index (χ4v) is 1.30. The van der Waals surface area contributed by atoms with Gasteiger partial charge in [-0.05, 0) is 6.42 Å². The predicted octanol–water partition coefficient (Wildman–Crippen LogP) is 0.860. The molecule has 1 rings (SSSR count). The molecule has 0 aliphatic heterocycles. The highest BCUT2D eigenvalue weighted by Crippen LogP contribution is 2.11. The first-order valence-corrected chi connectivity index (χ1v) is 4.60. The molecule has 0 saturated carbocycles. The number of carbonyl (C=O) groups excluding carboxylic acids is 1. The standard InChI is InChI=1S/C11H14O3/c12-7-6-10(8-13)11(14)9-4-2-1-3-5-9/h1-5,10,12-13H,6-8H2. The molecular weight excluding hydrogens is 180 g/mol. The van der Waals surface area contributed by atoms with Gasteiger partial charge in [0, 0.05) is 18.1 Å². The lowest BCUT2D eigenvalue weighted by molar-refractivity contribution is 0.0824. The van der Waals surface area contributed by atoms with Crippen LogP contribution in [0, 0.1) is 5.92 Å². The van der Waals surface area contributed by atoms with Crippen molar-refractivity contribution in [3.8, 4) is 0 Å². The Labute approximate surface area is 83.0 Å². The number of benzene rings is 1. The number of carbonyl (C=O) groups is 1. The van der Waals surface area contributed by atoms with E-state index in [1.165, 1.54) is 0 Å². The maximum atomic E-state index is 11.7. The van der Waals surface area contributed by atoms with E-state index in [4.69, 9.17) is 10.2 Å². The lowest BCUT2D eigenvalue weighted by Gasteiger charge is -2.10. The molecule has 0 fully saturated rings. The molecule has 14 heavy (non-hydrogen) atoms. The molecule has 0 amide bonds. The van der Waals surface area contributed by atoms with E-state index in [9.17, 15) is 4.79 Å². The average molecular weight is 194 g/mol. The summed E-state index contributed by atoms with van der Waals surface area (Å²) in [5.41, 5.74) is 0.583. The van der Waals surface area contributed by atoms with Gasteiger partial charge in [0.2, 0.25) is 0 Å². The van der Waals surface area contributed by atoms with E-state index in [0.717, 1.165) is 0 Å². The van der Waals surface area contributed by atoms with Gasteiger partial charge in [0.15, 0.2) is 5.78 Å². The van der Waals surface area contributed by atoms with Gasteiger partial charge in [-0.15, -0.1) is 0 Å². The minimum absolute atomic E-state index is 0.0796. The molecule has 0 saturated heterocycles. The van der Waals surface area contributed by atoms with Crippen LogP contribution in [-0.2, 0) is 0 Å². The normalized spacial score (nSPS) is 12.4. The fourth-order valence-electron chi connectivity index (χ4n) is 1.30. The minimum Gasteiger partial charge on any atom is -0.396 e. The lowest BCUT2D eigenvalue weighted by Crippen LogP contribution is -2.19. The number of hydrogen-bond donors (Lipinski definition) is 2. The second-order valence-corrected chi connectivity index (χ2v) is 3.12. The molecule has 0 aromatic heterocycles. The van der Waals surface area contributed by atoms with Gasteiger partial charge in [-0.3, -0.25) is 4.79 Å². The minimum atomic E-state index is -0.484. The summed E-state index contributed by atoms with van der Waals surface area (Å²) >= 11 is 0. The first-order valence-electron chi connectivity index (χ1n) is 4.60. The summed E-state index contributed by atoms with van der Waals surface area (Å²) in [4.78, 5) is 11.7. The van der Waals surface area contributed by atoms with Crippen LogP contribution in [0.15, 0.2) is 30.3 Å². The van der Waals surface area contributed by atoms with E-state index in [1.54, 1.807) is 24.3 Å². The van der Waals surface area contributed by atoms with Gasteiger partial charge in [0.25, 0.3) is 0 Å². The monoisotopic (exact) mass is 194 g/mol. The highest BCUT2D eigenvalue weighted by atomic mass is 16.3. The Morgan fingerprint density at radius 3 is 2.36 bits per heavy atom. The van der Waals surface area contributed by atoms with E-state index in [-0.39, 0.29) is 19.0 Å². The van der Waals surface area contributed by atoms with Crippen molar-refractivity contribution in [1.82, 2.24) is 0 Å². The Kier molecular flexibility index (Phi) is 4.29. The summed E-state index contributed by atoms with van der Waals surface area (Å²) in [5, 5.41) is 17.7.